The van der Waals surface area contributed by atoms with Crippen molar-refractivity contribution >= 4 is 17.2 Å². The fourth-order valence-electron chi connectivity index (χ4n) is 3.99. The number of hydrogen-bond acceptors (Lipinski definition) is 4. The van der Waals surface area contributed by atoms with Gasteiger partial charge in [0.1, 0.15) is 0 Å². The van der Waals surface area contributed by atoms with Crippen LogP contribution in [0.5, 0.6) is 0 Å². The lowest BCUT2D eigenvalue weighted by Crippen LogP contribution is -2.46. The van der Waals surface area contributed by atoms with Crippen LogP contribution in [-0.2, 0) is 0 Å². The zero-order valence-corrected chi connectivity index (χ0v) is 15.1. The van der Waals surface area contributed by atoms with E-state index in [2.05, 4.69) is 16.3 Å². The average molecular weight is 356 g/mol. The van der Waals surface area contributed by atoms with Crippen LogP contribution in [0.4, 0.5) is 0 Å². The Morgan fingerprint density at radius 3 is 2.68 bits per heavy atom. The smallest absolute Gasteiger partial charge is 0.254 e. The van der Waals surface area contributed by atoms with Gasteiger partial charge in [0.05, 0.1) is 12.1 Å². The van der Waals surface area contributed by atoms with Crippen molar-refractivity contribution in [2.75, 3.05) is 26.2 Å². The second-order valence-electron chi connectivity index (χ2n) is 7.03. The number of thiophene rings is 1. The van der Waals surface area contributed by atoms with Crippen LogP contribution in [0.2, 0.25) is 0 Å². The Labute approximate surface area is 152 Å². The van der Waals surface area contributed by atoms with E-state index in [-0.39, 0.29) is 11.9 Å². The molecule has 3 heterocycles. The molecule has 5 heteroatoms. The van der Waals surface area contributed by atoms with Gasteiger partial charge < -0.3 is 10.0 Å². The van der Waals surface area contributed by atoms with E-state index in [1.807, 2.05) is 34.5 Å². The van der Waals surface area contributed by atoms with Gasteiger partial charge in [0.2, 0.25) is 0 Å². The molecule has 1 aromatic heterocycles. The van der Waals surface area contributed by atoms with E-state index in [1.165, 1.54) is 19.3 Å². The van der Waals surface area contributed by atoms with Crippen LogP contribution in [0, 0.1) is 0 Å². The highest BCUT2D eigenvalue weighted by molar-refractivity contribution is 7.08. The summed E-state index contributed by atoms with van der Waals surface area (Å²) in [5.74, 6) is 0.0237. The largest absolute Gasteiger partial charge is 0.390 e. The Hall–Kier alpha value is -1.69. The topological polar surface area (TPSA) is 43.8 Å². The number of aliphatic hydroxyl groups is 1. The van der Waals surface area contributed by atoms with Gasteiger partial charge >= 0.3 is 0 Å². The molecule has 1 N–H and O–H groups in total. The molecule has 2 aliphatic rings. The van der Waals surface area contributed by atoms with E-state index in [0.29, 0.717) is 18.7 Å². The van der Waals surface area contributed by atoms with E-state index in [9.17, 15) is 9.90 Å². The molecule has 2 atom stereocenters. The molecule has 0 unspecified atom stereocenters. The molecule has 2 saturated heterocycles. The molecule has 4 nitrogen and oxygen atoms in total. The molecule has 1 amide bonds. The lowest BCUT2D eigenvalue weighted by molar-refractivity contribution is 0.0702. The van der Waals surface area contributed by atoms with Crippen LogP contribution >= 0.6 is 11.3 Å². The second-order valence-corrected chi connectivity index (χ2v) is 7.81. The van der Waals surface area contributed by atoms with Crippen LogP contribution in [0.15, 0.2) is 41.1 Å². The van der Waals surface area contributed by atoms with Crippen LogP contribution < -0.4 is 0 Å². The van der Waals surface area contributed by atoms with Gasteiger partial charge in [-0.15, -0.1) is 0 Å². The number of aliphatic hydroxyl groups excluding tert-OH is 1. The highest BCUT2D eigenvalue weighted by atomic mass is 32.1. The van der Waals surface area contributed by atoms with E-state index < -0.39 is 6.10 Å². The summed E-state index contributed by atoms with van der Waals surface area (Å²) in [5.41, 5.74) is 2.92. The number of nitrogens with zero attached hydrogens (tertiary/aromatic N) is 2. The Morgan fingerprint density at radius 2 is 1.92 bits per heavy atom. The standard InChI is InChI=1S/C20H24N2O2S/c23-19-13-22(12-18(19)21-8-2-1-3-9-21)20(24)16-6-4-5-15(11-16)17-7-10-25-14-17/h4-7,10-11,14,18-19,23H,1-3,8-9,12-13H2/t18-,19-/m1/s1. The quantitative estimate of drug-likeness (QED) is 0.919. The predicted octanol–water partition coefficient (Wildman–Crippen LogP) is 3.09. The van der Waals surface area contributed by atoms with Gasteiger partial charge in [0.15, 0.2) is 0 Å². The van der Waals surface area contributed by atoms with Gasteiger partial charge in [0.25, 0.3) is 5.91 Å². The normalized spacial score (nSPS) is 24.6. The van der Waals surface area contributed by atoms with Gasteiger partial charge in [-0.05, 0) is 66.0 Å². The summed E-state index contributed by atoms with van der Waals surface area (Å²) in [7, 11) is 0. The number of amides is 1. The van der Waals surface area contributed by atoms with Crippen molar-refractivity contribution in [3.05, 3.63) is 46.7 Å². The fourth-order valence-corrected chi connectivity index (χ4v) is 4.65. The van der Waals surface area contributed by atoms with Crippen LogP contribution in [0.1, 0.15) is 29.6 Å². The summed E-state index contributed by atoms with van der Waals surface area (Å²) >= 11 is 1.66. The number of benzene rings is 1. The maximum absolute atomic E-state index is 12.9. The first kappa shape index (κ1) is 16.8. The lowest BCUT2D eigenvalue weighted by atomic mass is 10.1. The Morgan fingerprint density at radius 1 is 1.08 bits per heavy atom. The van der Waals surface area contributed by atoms with Gasteiger partial charge in [0, 0.05) is 18.7 Å². The van der Waals surface area contributed by atoms with Crippen LogP contribution in [0.25, 0.3) is 11.1 Å². The van der Waals surface area contributed by atoms with Gasteiger partial charge in [-0.25, -0.2) is 0 Å². The van der Waals surface area contributed by atoms with Crippen molar-refractivity contribution in [2.45, 2.75) is 31.4 Å². The maximum atomic E-state index is 12.9. The number of β-amino-alcohol motifs (C(OH)–C–C–N with tert-alkyl or cyclic N) is 1. The summed E-state index contributed by atoms with van der Waals surface area (Å²) in [6.45, 7) is 3.14. The minimum absolute atomic E-state index is 0.0237. The molecule has 1 aromatic carbocycles. The first-order chi connectivity index (χ1) is 12.2. The summed E-state index contributed by atoms with van der Waals surface area (Å²) in [6.07, 6.45) is 3.22. The van der Waals surface area contributed by atoms with Gasteiger partial charge in [-0.2, -0.15) is 11.3 Å². The number of rotatable bonds is 3. The number of piperidine rings is 1. The molecular formula is C20H24N2O2S. The Balaban J connectivity index is 1.49. The first-order valence-corrected chi connectivity index (χ1v) is 10.0. The van der Waals surface area contributed by atoms with E-state index in [1.54, 1.807) is 11.3 Å². The van der Waals surface area contributed by atoms with Crippen LogP contribution in [-0.4, -0.2) is 59.1 Å². The zero-order chi connectivity index (χ0) is 17.2. The molecule has 0 spiro atoms. The summed E-state index contributed by atoms with van der Waals surface area (Å²) in [6, 6.07) is 9.97. The fraction of sp³-hybridized carbons (Fsp3) is 0.450. The zero-order valence-electron chi connectivity index (χ0n) is 14.3. The number of carbonyl (C=O) groups excluding carboxylic acids is 1. The minimum atomic E-state index is -0.442. The van der Waals surface area contributed by atoms with E-state index >= 15 is 0 Å². The average Bonchev–Trinajstić information content (AvgIpc) is 3.32. The second kappa shape index (κ2) is 7.28. The summed E-state index contributed by atoms with van der Waals surface area (Å²) < 4.78 is 0. The SMILES string of the molecule is O=C(c1cccc(-c2ccsc2)c1)N1C[C@@H](O)[C@H](N2CCCCC2)C1. The summed E-state index contributed by atoms with van der Waals surface area (Å²) in [4.78, 5) is 17.1. The van der Waals surface area contributed by atoms with Gasteiger partial charge in [-0.3, -0.25) is 9.69 Å². The van der Waals surface area contributed by atoms with Crippen molar-refractivity contribution in [1.29, 1.82) is 0 Å². The Bertz CT molecular complexity index is 725. The maximum Gasteiger partial charge on any atom is 0.254 e. The molecule has 0 radical (unpaired) electrons. The van der Waals surface area contributed by atoms with Gasteiger partial charge in [-0.1, -0.05) is 18.6 Å². The number of carbonyl (C=O) groups is 1. The third kappa shape index (κ3) is 3.50. The lowest BCUT2D eigenvalue weighted by Gasteiger charge is -2.33. The van der Waals surface area contributed by atoms with Crippen molar-refractivity contribution in [3.63, 3.8) is 0 Å². The molecule has 0 bridgehead atoms. The third-order valence-electron chi connectivity index (χ3n) is 5.37. The molecular weight excluding hydrogens is 332 g/mol. The molecule has 4 rings (SSSR count). The Kier molecular flexibility index (Phi) is 4.88. The van der Waals surface area contributed by atoms with E-state index in [4.69, 9.17) is 0 Å². The van der Waals surface area contributed by atoms with Crippen molar-refractivity contribution < 1.29 is 9.90 Å². The van der Waals surface area contributed by atoms with Crippen LogP contribution in [0.3, 0.4) is 0 Å². The number of hydrogen-bond donors (Lipinski definition) is 1. The number of likely N-dealkylation sites (tertiary alicyclic amines) is 2. The molecule has 2 aliphatic heterocycles. The predicted molar refractivity (Wildman–Crippen MR) is 101 cm³/mol. The molecule has 2 fully saturated rings. The molecule has 25 heavy (non-hydrogen) atoms. The molecule has 0 saturated carbocycles. The van der Waals surface area contributed by atoms with Crippen molar-refractivity contribution in [2.24, 2.45) is 0 Å². The third-order valence-corrected chi connectivity index (χ3v) is 6.05. The monoisotopic (exact) mass is 356 g/mol. The van der Waals surface area contributed by atoms with E-state index in [0.717, 1.165) is 24.2 Å². The highest BCUT2D eigenvalue weighted by Crippen LogP contribution is 2.25. The molecule has 132 valence electrons. The molecule has 2 aromatic rings. The van der Waals surface area contributed by atoms with Crippen molar-refractivity contribution in [3.8, 4) is 11.1 Å². The van der Waals surface area contributed by atoms with Crippen molar-refractivity contribution in [1.82, 2.24) is 9.80 Å². The summed E-state index contributed by atoms with van der Waals surface area (Å²) in [5, 5.41) is 14.6. The highest BCUT2D eigenvalue weighted by Gasteiger charge is 2.38. The first-order valence-electron chi connectivity index (χ1n) is 9.06. The molecule has 0 aliphatic carbocycles. The minimum Gasteiger partial charge on any atom is -0.390 e.